The first-order valence-electron chi connectivity index (χ1n) is 8.50. The minimum atomic E-state index is -0.254. The number of rotatable bonds is 5. The Morgan fingerprint density at radius 3 is 2.37 bits per heavy atom. The van der Waals surface area contributed by atoms with E-state index in [1.807, 2.05) is 24.3 Å². The monoisotopic (exact) mass is 406 g/mol. The van der Waals surface area contributed by atoms with Crippen molar-refractivity contribution >= 4 is 39.8 Å². The van der Waals surface area contributed by atoms with Gasteiger partial charge in [-0.3, -0.25) is 0 Å². The van der Waals surface area contributed by atoms with E-state index in [-0.39, 0.29) is 35.2 Å². The van der Waals surface area contributed by atoms with E-state index < -0.39 is 0 Å². The minimum absolute atomic E-state index is 0.0573. The Kier molecular flexibility index (Phi) is 5.36. The van der Waals surface area contributed by atoms with Gasteiger partial charge in [0, 0.05) is 5.39 Å². The highest BCUT2D eigenvalue weighted by atomic mass is 35.5. The molecule has 0 spiro atoms. The highest BCUT2D eigenvalue weighted by molar-refractivity contribution is 6.45. The highest BCUT2D eigenvalue weighted by Gasteiger charge is 2.21. The maximum Gasteiger partial charge on any atom is 0.222 e. The van der Waals surface area contributed by atoms with Crippen molar-refractivity contribution in [3.05, 3.63) is 56.9 Å². The van der Waals surface area contributed by atoms with Crippen LogP contribution in [0.1, 0.15) is 26.3 Å². The molecule has 0 unspecified atom stereocenters. The van der Waals surface area contributed by atoms with E-state index in [0.29, 0.717) is 15.9 Å². The van der Waals surface area contributed by atoms with Gasteiger partial charge in [-0.05, 0) is 40.4 Å². The molecule has 142 valence electrons. The Labute approximate surface area is 167 Å². The van der Waals surface area contributed by atoms with Gasteiger partial charge in [0.15, 0.2) is 5.69 Å². The van der Waals surface area contributed by atoms with Crippen LogP contribution >= 0.6 is 23.2 Å². The third-order valence-corrected chi connectivity index (χ3v) is 5.25. The average molecular weight is 407 g/mol. The van der Waals surface area contributed by atoms with Crippen LogP contribution in [0.3, 0.4) is 0 Å². The van der Waals surface area contributed by atoms with Crippen LogP contribution in [0.5, 0.6) is 11.6 Å². The van der Waals surface area contributed by atoms with Crippen LogP contribution in [0.4, 0.5) is 5.69 Å². The van der Waals surface area contributed by atoms with Gasteiger partial charge in [-0.15, -0.1) is 4.91 Å². The molecule has 2 aromatic carbocycles. The number of benzene rings is 2. The zero-order valence-corrected chi connectivity index (χ0v) is 16.8. The molecule has 3 rings (SSSR count). The molecule has 0 amide bonds. The van der Waals surface area contributed by atoms with Gasteiger partial charge in [-0.25, -0.2) is 0 Å². The molecule has 0 atom stereocenters. The molecule has 5 nitrogen and oxygen atoms in total. The predicted molar refractivity (Wildman–Crippen MR) is 110 cm³/mol. The lowest BCUT2D eigenvalue weighted by Crippen LogP contribution is -2.11. The van der Waals surface area contributed by atoms with Gasteiger partial charge >= 0.3 is 0 Å². The molecule has 0 saturated heterocycles. The molecule has 0 bridgehead atoms. The Morgan fingerprint density at radius 1 is 1.11 bits per heavy atom. The second kappa shape index (κ2) is 7.41. The van der Waals surface area contributed by atoms with Crippen LogP contribution in [0.25, 0.3) is 10.9 Å². The molecule has 0 aliphatic carbocycles. The summed E-state index contributed by atoms with van der Waals surface area (Å²) in [6, 6.07) is 11.1. The fourth-order valence-electron chi connectivity index (χ4n) is 2.96. The van der Waals surface area contributed by atoms with E-state index in [0.717, 1.165) is 5.75 Å². The lowest BCUT2D eigenvalue weighted by molar-refractivity contribution is 0.290. The molecular formula is C20H20Cl2N2O3. The third kappa shape index (κ3) is 3.75. The number of halogens is 2. The fraction of sp³-hybridized carbons (Fsp3) is 0.300. The van der Waals surface area contributed by atoms with Gasteiger partial charge in [0.1, 0.15) is 12.4 Å². The van der Waals surface area contributed by atoms with E-state index >= 15 is 0 Å². The molecule has 0 aliphatic rings. The molecule has 0 radical (unpaired) electrons. The van der Waals surface area contributed by atoms with Gasteiger partial charge in [0.2, 0.25) is 5.88 Å². The maximum atomic E-state index is 11.1. The highest BCUT2D eigenvalue weighted by Crippen LogP contribution is 2.43. The van der Waals surface area contributed by atoms with Crippen LogP contribution in [0, 0.1) is 4.91 Å². The Hall–Kier alpha value is -2.24. The number of aromatic hydroxyl groups is 1. The first-order chi connectivity index (χ1) is 12.7. The van der Waals surface area contributed by atoms with E-state index in [9.17, 15) is 10.0 Å². The summed E-state index contributed by atoms with van der Waals surface area (Å²) in [5, 5.41) is 14.3. The number of nitrogens with zero attached hydrogens (tertiary/aromatic N) is 2. The summed E-state index contributed by atoms with van der Waals surface area (Å²) in [5.74, 6) is 0.465. The summed E-state index contributed by atoms with van der Waals surface area (Å²) in [5.41, 5.74) is 1.69. The quantitative estimate of drug-likeness (QED) is 0.496. The summed E-state index contributed by atoms with van der Waals surface area (Å²) in [4.78, 5) is 11.1. The molecule has 27 heavy (non-hydrogen) atoms. The van der Waals surface area contributed by atoms with Crippen molar-refractivity contribution in [2.24, 2.45) is 5.18 Å². The number of hydrogen-bond donors (Lipinski definition) is 1. The first-order valence-corrected chi connectivity index (χ1v) is 9.25. The average Bonchev–Trinajstić information content (AvgIpc) is 2.90. The second-order valence-electron chi connectivity index (χ2n) is 7.30. The van der Waals surface area contributed by atoms with Crippen molar-refractivity contribution in [2.75, 3.05) is 6.61 Å². The fourth-order valence-corrected chi connectivity index (χ4v) is 3.38. The summed E-state index contributed by atoms with van der Waals surface area (Å²) >= 11 is 12.4. The van der Waals surface area contributed by atoms with E-state index in [2.05, 4.69) is 25.9 Å². The van der Waals surface area contributed by atoms with Crippen LogP contribution < -0.4 is 4.74 Å². The normalized spacial score (nSPS) is 11.7. The van der Waals surface area contributed by atoms with Crippen molar-refractivity contribution in [2.45, 2.75) is 32.7 Å². The zero-order valence-electron chi connectivity index (χ0n) is 15.3. The maximum absolute atomic E-state index is 11.1. The lowest BCUT2D eigenvalue weighted by Gasteiger charge is -2.19. The molecule has 0 fully saturated rings. The Morgan fingerprint density at radius 2 is 1.78 bits per heavy atom. The van der Waals surface area contributed by atoms with Crippen molar-refractivity contribution < 1.29 is 9.84 Å². The van der Waals surface area contributed by atoms with Crippen LogP contribution in [-0.4, -0.2) is 16.3 Å². The molecule has 1 N–H and O–H groups in total. The van der Waals surface area contributed by atoms with Gasteiger partial charge in [0.05, 0.1) is 22.1 Å². The minimum Gasteiger partial charge on any atom is -0.493 e. The molecule has 7 heteroatoms. The standard InChI is InChI=1S/C20H20Cl2N2O3/c1-20(2,3)12-4-6-13(7-5-12)27-11-10-24-18-14(17(23-26)19(24)25)8-9-15(21)16(18)22/h4-9,25H,10-11H2,1-3H3. The van der Waals surface area contributed by atoms with E-state index in [4.69, 9.17) is 27.9 Å². The third-order valence-electron chi connectivity index (χ3n) is 4.46. The number of aromatic nitrogens is 1. The van der Waals surface area contributed by atoms with Crippen molar-refractivity contribution in [3.8, 4) is 11.6 Å². The van der Waals surface area contributed by atoms with Gasteiger partial charge in [-0.2, -0.15) is 0 Å². The Bertz CT molecular complexity index is 989. The molecule has 0 saturated carbocycles. The number of fused-ring (bicyclic) bond motifs is 1. The van der Waals surface area contributed by atoms with E-state index in [1.165, 1.54) is 10.1 Å². The summed E-state index contributed by atoms with van der Waals surface area (Å²) in [6.45, 7) is 7.00. The van der Waals surface area contributed by atoms with Gasteiger partial charge in [-0.1, -0.05) is 56.1 Å². The van der Waals surface area contributed by atoms with Crippen molar-refractivity contribution in [1.29, 1.82) is 0 Å². The van der Waals surface area contributed by atoms with Crippen LogP contribution in [0.2, 0.25) is 10.0 Å². The second-order valence-corrected chi connectivity index (χ2v) is 8.08. The van der Waals surface area contributed by atoms with Gasteiger partial charge < -0.3 is 14.4 Å². The van der Waals surface area contributed by atoms with Gasteiger partial charge in [0.25, 0.3) is 0 Å². The topological polar surface area (TPSA) is 63.8 Å². The SMILES string of the molecule is CC(C)(C)c1ccc(OCCn2c(O)c(N=O)c3ccc(Cl)c(Cl)c32)cc1. The summed E-state index contributed by atoms with van der Waals surface area (Å²) in [6.07, 6.45) is 0. The molecular weight excluding hydrogens is 387 g/mol. The van der Waals surface area contributed by atoms with Crippen LogP contribution in [-0.2, 0) is 12.0 Å². The number of nitroso groups, excluding NO2 is 1. The predicted octanol–water partition coefficient (Wildman–Crippen LogP) is 6.43. The number of ether oxygens (including phenoxy) is 1. The first kappa shape index (κ1) is 19.5. The number of hydrogen-bond acceptors (Lipinski definition) is 4. The molecule has 1 heterocycles. The molecule has 3 aromatic rings. The summed E-state index contributed by atoms with van der Waals surface area (Å²) < 4.78 is 7.27. The van der Waals surface area contributed by atoms with Crippen molar-refractivity contribution in [3.63, 3.8) is 0 Å². The molecule has 1 aromatic heterocycles. The largest absolute Gasteiger partial charge is 0.493 e. The van der Waals surface area contributed by atoms with E-state index in [1.54, 1.807) is 12.1 Å². The summed E-state index contributed by atoms with van der Waals surface area (Å²) in [7, 11) is 0. The van der Waals surface area contributed by atoms with Crippen molar-refractivity contribution in [1.82, 2.24) is 4.57 Å². The zero-order chi connectivity index (χ0) is 19.8. The smallest absolute Gasteiger partial charge is 0.222 e. The molecule has 0 aliphatic heterocycles. The van der Waals surface area contributed by atoms with Crippen LogP contribution in [0.15, 0.2) is 41.6 Å². The Balaban J connectivity index is 1.82. The lowest BCUT2D eigenvalue weighted by atomic mass is 9.87.